The van der Waals surface area contributed by atoms with Crippen molar-refractivity contribution in [2.75, 3.05) is 18.0 Å². The van der Waals surface area contributed by atoms with Gasteiger partial charge < -0.3 is 17.3 Å². The van der Waals surface area contributed by atoms with Gasteiger partial charge in [0.25, 0.3) is 0 Å². The SMILES string of the molecule is CCN(CC)c1ccc([N+]#N)c(C)c1.Cl.[Cl-].[Zn]. The second-order valence-electron chi connectivity index (χ2n) is 3.24. The van der Waals surface area contributed by atoms with E-state index in [0.29, 0.717) is 5.69 Å². The maximum Gasteiger partial charge on any atom is 0.388 e. The average molecular weight is 328 g/mol. The molecule has 0 bridgehead atoms. The molecule has 1 aromatic rings. The Morgan fingerprint density at radius 2 is 1.76 bits per heavy atom. The number of aryl methyl sites for hydroxylation is 1. The van der Waals surface area contributed by atoms with Crippen LogP contribution in [0.2, 0.25) is 0 Å². The Labute approximate surface area is 128 Å². The topological polar surface area (TPSA) is 31.4 Å². The van der Waals surface area contributed by atoms with Crippen molar-refractivity contribution in [3.8, 4) is 0 Å². The number of benzene rings is 1. The molecule has 0 spiro atoms. The van der Waals surface area contributed by atoms with Gasteiger partial charge in [0.1, 0.15) is 0 Å². The van der Waals surface area contributed by atoms with E-state index in [1.807, 2.05) is 25.1 Å². The minimum absolute atomic E-state index is 0. The van der Waals surface area contributed by atoms with Crippen LogP contribution < -0.4 is 17.3 Å². The summed E-state index contributed by atoms with van der Waals surface area (Å²) in [7, 11) is 0. The summed E-state index contributed by atoms with van der Waals surface area (Å²) < 4.78 is 0. The maximum absolute atomic E-state index is 8.67. The Kier molecular flexibility index (Phi) is 13.9. The van der Waals surface area contributed by atoms with Crippen molar-refractivity contribution in [1.29, 1.82) is 5.39 Å². The molecule has 3 nitrogen and oxygen atoms in total. The van der Waals surface area contributed by atoms with E-state index in [1.165, 1.54) is 5.69 Å². The fourth-order valence-electron chi connectivity index (χ4n) is 1.54. The number of hydrogen-bond donors (Lipinski definition) is 0. The molecule has 0 atom stereocenters. The summed E-state index contributed by atoms with van der Waals surface area (Å²) in [4.78, 5) is 5.46. The smallest absolute Gasteiger partial charge is 0.388 e. The molecule has 0 saturated carbocycles. The third kappa shape index (κ3) is 5.68. The van der Waals surface area contributed by atoms with E-state index < -0.39 is 0 Å². The van der Waals surface area contributed by atoms with Crippen molar-refractivity contribution >= 4 is 23.8 Å². The van der Waals surface area contributed by atoms with E-state index in [4.69, 9.17) is 5.39 Å². The first-order valence-electron chi connectivity index (χ1n) is 4.93. The average Bonchev–Trinajstić information content (AvgIpc) is 2.20. The first-order chi connectivity index (χ1) is 6.72. The number of rotatable bonds is 3. The van der Waals surface area contributed by atoms with Crippen LogP contribution in [0.4, 0.5) is 11.4 Å². The van der Waals surface area contributed by atoms with E-state index >= 15 is 0 Å². The quantitative estimate of drug-likeness (QED) is 0.606. The summed E-state index contributed by atoms with van der Waals surface area (Å²) in [5.74, 6) is 0. The van der Waals surface area contributed by atoms with Gasteiger partial charge in [-0.15, -0.1) is 12.4 Å². The molecule has 0 aliphatic heterocycles. The first kappa shape index (κ1) is 21.9. The molecule has 0 radical (unpaired) electrons. The summed E-state index contributed by atoms with van der Waals surface area (Å²) in [6.45, 7) is 8.19. The van der Waals surface area contributed by atoms with Crippen molar-refractivity contribution in [3.63, 3.8) is 0 Å². The van der Waals surface area contributed by atoms with Crippen molar-refractivity contribution in [2.45, 2.75) is 20.8 Å². The second kappa shape index (κ2) is 10.8. The molecule has 0 amide bonds. The van der Waals surface area contributed by atoms with Gasteiger partial charge in [0.2, 0.25) is 5.39 Å². The Hall–Kier alpha value is -0.357. The fraction of sp³-hybridized carbons (Fsp3) is 0.455. The van der Waals surface area contributed by atoms with Crippen LogP contribution >= 0.6 is 12.4 Å². The molecule has 0 N–H and O–H groups in total. The standard InChI is InChI=1S/C11H16N3.2ClH.Zn/c1-4-14(5-2)10-6-7-11(13-12)9(3)8-10;;;/h6-8H,4-5H2,1-3H3;2*1H;/q+1;;;/p-1. The van der Waals surface area contributed by atoms with Crippen molar-refractivity contribution in [1.82, 2.24) is 0 Å². The van der Waals surface area contributed by atoms with Gasteiger partial charge in [-0.05, 0) is 32.9 Å². The molecule has 0 unspecified atom stereocenters. The number of halogens is 2. The molecule has 0 aliphatic rings. The summed E-state index contributed by atoms with van der Waals surface area (Å²) in [6, 6.07) is 5.86. The molecule has 0 aromatic heterocycles. The van der Waals surface area contributed by atoms with Crippen molar-refractivity contribution < 1.29 is 31.9 Å². The fourth-order valence-corrected chi connectivity index (χ4v) is 1.54. The molecule has 92 valence electrons. The van der Waals surface area contributed by atoms with Gasteiger partial charge in [0.05, 0.1) is 0 Å². The van der Waals surface area contributed by atoms with E-state index in [-0.39, 0.29) is 44.3 Å². The molecule has 1 rings (SSSR count). The van der Waals surface area contributed by atoms with Gasteiger partial charge in [0, 0.05) is 49.9 Å². The van der Waals surface area contributed by atoms with E-state index in [0.717, 1.165) is 18.7 Å². The van der Waals surface area contributed by atoms with Crippen molar-refractivity contribution in [3.05, 3.63) is 28.7 Å². The predicted octanol–water partition coefficient (Wildman–Crippen LogP) is 0.749. The Morgan fingerprint density at radius 1 is 1.24 bits per heavy atom. The van der Waals surface area contributed by atoms with E-state index in [2.05, 4.69) is 23.7 Å². The number of anilines is 1. The molecular weight excluding hydrogens is 310 g/mol. The molecule has 0 aliphatic carbocycles. The van der Waals surface area contributed by atoms with Crippen LogP contribution in [-0.4, -0.2) is 13.1 Å². The van der Waals surface area contributed by atoms with Gasteiger partial charge in [-0.1, -0.05) is 0 Å². The van der Waals surface area contributed by atoms with E-state index in [1.54, 1.807) is 0 Å². The molecule has 17 heavy (non-hydrogen) atoms. The van der Waals surface area contributed by atoms with Crippen LogP contribution in [0.5, 0.6) is 0 Å². The second-order valence-corrected chi connectivity index (χ2v) is 3.24. The van der Waals surface area contributed by atoms with Gasteiger partial charge in [-0.2, -0.15) is 0 Å². The summed E-state index contributed by atoms with van der Waals surface area (Å²) in [6.07, 6.45) is 0. The molecule has 0 saturated heterocycles. The third-order valence-corrected chi connectivity index (χ3v) is 2.42. The van der Waals surface area contributed by atoms with Gasteiger partial charge in [-0.25, -0.2) is 0 Å². The first-order valence-corrected chi connectivity index (χ1v) is 4.93. The summed E-state index contributed by atoms with van der Waals surface area (Å²) >= 11 is 0. The maximum atomic E-state index is 8.67. The van der Waals surface area contributed by atoms with E-state index in [9.17, 15) is 0 Å². The predicted molar refractivity (Wildman–Crippen MR) is 66.7 cm³/mol. The molecule has 1 aromatic carbocycles. The zero-order valence-corrected chi connectivity index (χ0v) is 15.0. The number of nitrogens with zero attached hydrogens (tertiary/aromatic N) is 3. The normalized spacial score (nSPS) is 7.88. The molecular formula is C11H17Cl2N3Zn. The van der Waals surface area contributed by atoms with Crippen LogP contribution in [-0.2, 0) is 19.5 Å². The van der Waals surface area contributed by atoms with Crippen LogP contribution in [0.3, 0.4) is 0 Å². The molecule has 0 heterocycles. The van der Waals surface area contributed by atoms with Gasteiger partial charge in [0.15, 0.2) is 4.98 Å². The summed E-state index contributed by atoms with van der Waals surface area (Å²) in [5, 5.41) is 8.67. The van der Waals surface area contributed by atoms with Crippen molar-refractivity contribution in [2.24, 2.45) is 0 Å². The monoisotopic (exact) mass is 325 g/mol. The van der Waals surface area contributed by atoms with Crippen LogP contribution in [0.15, 0.2) is 18.2 Å². The minimum Gasteiger partial charge on any atom is -1.00 e. The Morgan fingerprint density at radius 3 is 2.12 bits per heavy atom. The number of diazo groups is 1. The summed E-state index contributed by atoms with van der Waals surface area (Å²) in [5.41, 5.74) is 2.82. The van der Waals surface area contributed by atoms with Crippen LogP contribution in [0.25, 0.3) is 4.98 Å². The minimum atomic E-state index is 0. The Balaban J connectivity index is -0.000000653. The zero-order valence-electron chi connectivity index (χ0n) is 10.5. The van der Waals surface area contributed by atoms with Gasteiger partial charge in [-0.3, -0.25) is 0 Å². The van der Waals surface area contributed by atoms with Gasteiger partial charge >= 0.3 is 5.69 Å². The zero-order chi connectivity index (χ0) is 10.6. The Bertz CT molecular complexity index is 362. The molecule has 0 fully saturated rings. The number of hydrogen-bond acceptors (Lipinski definition) is 2. The van der Waals surface area contributed by atoms with Crippen LogP contribution in [0, 0.1) is 12.3 Å². The molecule has 6 heteroatoms. The van der Waals surface area contributed by atoms with Crippen LogP contribution in [0.1, 0.15) is 19.4 Å². The largest absolute Gasteiger partial charge is 1.00 e. The third-order valence-electron chi connectivity index (χ3n) is 2.42.